The lowest BCUT2D eigenvalue weighted by atomic mass is 9.89. The van der Waals surface area contributed by atoms with Crippen LogP contribution in [0, 0.1) is 0 Å². The first kappa shape index (κ1) is 16.1. The van der Waals surface area contributed by atoms with Crippen molar-refractivity contribution in [3.8, 4) is 17.0 Å². The summed E-state index contributed by atoms with van der Waals surface area (Å²) in [6, 6.07) is 15.6. The standard InChI is InChI=1S/C20H18N4O2/c1-26-17-9-5-3-7-14(17)12-21-24-20(25)19-16-11-10-13-6-2-4-8-15(13)18(16)22-23-19/h2-9,12H,10-11H2,1H3,(H,22,23)(H,24,25)/b21-12-. The Morgan fingerprint density at radius 2 is 2.00 bits per heavy atom. The number of aryl methyl sites for hydroxylation is 1. The number of para-hydroxylation sites is 1. The number of nitrogens with one attached hydrogen (secondary N) is 2. The van der Waals surface area contributed by atoms with Crippen LogP contribution in [0.15, 0.2) is 53.6 Å². The molecule has 0 saturated carbocycles. The van der Waals surface area contributed by atoms with Crippen molar-refractivity contribution in [2.24, 2.45) is 5.10 Å². The molecule has 1 aliphatic carbocycles. The number of aromatic nitrogens is 2. The van der Waals surface area contributed by atoms with Gasteiger partial charge in [-0.1, -0.05) is 36.4 Å². The van der Waals surface area contributed by atoms with Crippen molar-refractivity contribution in [1.29, 1.82) is 0 Å². The number of benzene rings is 2. The molecule has 2 aromatic carbocycles. The number of carbonyl (C=O) groups is 1. The summed E-state index contributed by atoms with van der Waals surface area (Å²) >= 11 is 0. The molecule has 1 amide bonds. The summed E-state index contributed by atoms with van der Waals surface area (Å²) in [7, 11) is 1.60. The quantitative estimate of drug-likeness (QED) is 0.563. The molecule has 1 aromatic heterocycles. The van der Waals surface area contributed by atoms with Crippen LogP contribution in [0.4, 0.5) is 0 Å². The van der Waals surface area contributed by atoms with Gasteiger partial charge in [0.2, 0.25) is 0 Å². The smallest absolute Gasteiger partial charge is 0.289 e. The molecular weight excluding hydrogens is 328 g/mol. The van der Waals surface area contributed by atoms with Gasteiger partial charge in [-0.25, -0.2) is 5.43 Å². The molecule has 0 spiro atoms. The van der Waals surface area contributed by atoms with Crippen molar-refractivity contribution in [1.82, 2.24) is 15.6 Å². The number of hydrogen-bond acceptors (Lipinski definition) is 4. The number of ether oxygens (including phenoxy) is 1. The molecule has 0 bridgehead atoms. The monoisotopic (exact) mass is 346 g/mol. The number of hydrogen-bond donors (Lipinski definition) is 2. The molecule has 2 N–H and O–H groups in total. The Morgan fingerprint density at radius 1 is 1.19 bits per heavy atom. The molecule has 3 aromatic rings. The maximum Gasteiger partial charge on any atom is 0.289 e. The minimum Gasteiger partial charge on any atom is -0.496 e. The van der Waals surface area contributed by atoms with Gasteiger partial charge in [-0.05, 0) is 30.5 Å². The van der Waals surface area contributed by atoms with Gasteiger partial charge in [-0.15, -0.1) is 0 Å². The zero-order valence-corrected chi connectivity index (χ0v) is 14.3. The van der Waals surface area contributed by atoms with Crippen LogP contribution in [0.3, 0.4) is 0 Å². The molecular formula is C20H18N4O2. The Hall–Kier alpha value is -3.41. The summed E-state index contributed by atoms with van der Waals surface area (Å²) in [6.45, 7) is 0. The summed E-state index contributed by atoms with van der Waals surface area (Å²) in [5, 5.41) is 11.3. The number of rotatable bonds is 4. The van der Waals surface area contributed by atoms with E-state index in [1.807, 2.05) is 42.5 Å². The number of methoxy groups -OCH3 is 1. The third-order valence-corrected chi connectivity index (χ3v) is 4.52. The van der Waals surface area contributed by atoms with Crippen molar-refractivity contribution < 1.29 is 9.53 Å². The van der Waals surface area contributed by atoms with E-state index in [2.05, 4.69) is 26.8 Å². The fraction of sp³-hybridized carbons (Fsp3) is 0.150. The van der Waals surface area contributed by atoms with Gasteiger partial charge in [0.25, 0.3) is 5.91 Å². The third-order valence-electron chi connectivity index (χ3n) is 4.52. The number of carbonyl (C=O) groups excluding carboxylic acids is 1. The normalized spacial score (nSPS) is 12.5. The van der Waals surface area contributed by atoms with E-state index in [1.54, 1.807) is 13.3 Å². The molecule has 6 nitrogen and oxygen atoms in total. The van der Waals surface area contributed by atoms with Crippen molar-refractivity contribution in [3.05, 3.63) is 70.9 Å². The molecule has 0 aliphatic heterocycles. The minimum absolute atomic E-state index is 0.302. The first-order valence-corrected chi connectivity index (χ1v) is 8.40. The highest BCUT2D eigenvalue weighted by atomic mass is 16.5. The van der Waals surface area contributed by atoms with Gasteiger partial charge in [0.15, 0.2) is 0 Å². The van der Waals surface area contributed by atoms with Crippen molar-refractivity contribution in [3.63, 3.8) is 0 Å². The van der Waals surface area contributed by atoms with E-state index in [1.165, 1.54) is 5.56 Å². The molecule has 1 aliphatic rings. The average molecular weight is 346 g/mol. The summed E-state index contributed by atoms with van der Waals surface area (Å²) in [4.78, 5) is 12.5. The van der Waals surface area contributed by atoms with Gasteiger partial charge in [0, 0.05) is 16.7 Å². The third kappa shape index (κ3) is 2.86. The molecule has 6 heteroatoms. The Labute approximate surface area is 150 Å². The second-order valence-electron chi connectivity index (χ2n) is 6.02. The zero-order valence-electron chi connectivity index (χ0n) is 14.3. The summed E-state index contributed by atoms with van der Waals surface area (Å²) < 4.78 is 5.26. The van der Waals surface area contributed by atoms with Crippen molar-refractivity contribution in [2.75, 3.05) is 7.11 Å². The van der Waals surface area contributed by atoms with Gasteiger partial charge >= 0.3 is 0 Å². The first-order chi connectivity index (χ1) is 12.8. The van der Waals surface area contributed by atoms with Crippen LogP contribution in [-0.4, -0.2) is 29.4 Å². The number of hydrazone groups is 1. The number of aromatic amines is 1. The lowest BCUT2D eigenvalue weighted by Gasteiger charge is -2.15. The molecule has 1 heterocycles. The predicted octanol–water partition coefficient (Wildman–Crippen LogP) is 2.95. The van der Waals surface area contributed by atoms with E-state index in [9.17, 15) is 4.79 Å². The largest absolute Gasteiger partial charge is 0.496 e. The fourth-order valence-corrected chi connectivity index (χ4v) is 3.24. The summed E-state index contributed by atoms with van der Waals surface area (Å²) in [6.07, 6.45) is 3.24. The van der Waals surface area contributed by atoms with E-state index >= 15 is 0 Å². The molecule has 130 valence electrons. The molecule has 0 atom stereocenters. The molecule has 0 unspecified atom stereocenters. The van der Waals surface area contributed by atoms with Crippen LogP contribution in [0.5, 0.6) is 5.75 Å². The second-order valence-corrected chi connectivity index (χ2v) is 6.02. The Balaban J connectivity index is 1.54. The summed E-state index contributed by atoms with van der Waals surface area (Å²) in [5.74, 6) is 0.394. The van der Waals surface area contributed by atoms with Crippen molar-refractivity contribution in [2.45, 2.75) is 12.8 Å². The van der Waals surface area contributed by atoms with Crippen LogP contribution < -0.4 is 10.2 Å². The van der Waals surface area contributed by atoms with E-state index in [4.69, 9.17) is 4.74 Å². The lowest BCUT2D eigenvalue weighted by molar-refractivity contribution is 0.0949. The van der Waals surface area contributed by atoms with Crippen LogP contribution in [0.25, 0.3) is 11.3 Å². The van der Waals surface area contributed by atoms with Crippen LogP contribution in [-0.2, 0) is 12.8 Å². The van der Waals surface area contributed by atoms with Gasteiger partial charge in [-0.3, -0.25) is 9.89 Å². The van der Waals surface area contributed by atoms with E-state index < -0.39 is 0 Å². The molecule has 0 saturated heterocycles. The first-order valence-electron chi connectivity index (χ1n) is 8.40. The average Bonchev–Trinajstić information content (AvgIpc) is 3.13. The van der Waals surface area contributed by atoms with E-state index in [0.29, 0.717) is 11.4 Å². The van der Waals surface area contributed by atoms with Gasteiger partial charge in [0.05, 0.1) is 19.0 Å². The molecule has 26 heavy (non-hydrogen) atoms. The van der Waals surface area contributed by atoms with Crippen LogP contribution in [0.2, 0.25) is 0 Å². The highest BCUT2D eigenvalue weighted by Gasteiger charge is 2.24. The van der Waals surface area contributed by atoms with Gasteiger partial charge in [-0.2, -0.15) is 10.2 Å². The fourth-order valence-electron chi connectivity index (χ4n) is 3.24. The predicted molar refractivity (Wildman–Crippen MR) is 99.5 cm³/mol. The van der Waals surface area contributed by atoms with E-state index in [0.717, 1.165) is 35.2 Å². The van der Waals surface area contributed by atoms with Crippen LogP contribution >= 0.6 is 0 Å². The van der Waals surface area contributed by atoms with E-state index in [-0.39, 0.29) is 5.91 Å². The SMILES string of the molecule is COc1ccccc1/C=N\NC(=O)c1[nH]nc2c1CCc1ccccc1-2. The number of fused-ring (bicyclic) bond motifs is 3. The van der Waals surface area contributed by atoms with Crippen LogP contribution in [0.1, 0.15) is 27.2 Å². The zero-order chi connectivity index (χ0) is 17.9. The number of H-pyrrole nitrogens is 1. The maximum absolute atomic E-state index is 12.5. The Morgan fingerprint density at radius 3 is 2.88 bits per heavy atom. The minimum atomic E-state index is -0.302. The van der Waals surface area contributed by atoms with Gasteiger partial charge < -0.3 is 4.74 Å². The highest BCUT2D eigenvalue weighted by Crippen LogP contribution is 2.33. The Bertz CT molecular complexity index is 991. The molecule has 0 radical (unpaired) electrons. The highest BCUT2D eigenvalue weighted by molar-refractivity contribution is 5.96. The summed E-state index contributed by atoms with van der Waals surface area (Å²) in [5.41, 5.74) is 7.95. The second kappa shape index (κ2) is 6.84. The van der Waals surface area contributed by atoms with Crippen molar-refractivity contribution >= 4 is 12.1 Å². The maximum atomic E-state index is 12.5. The van der Waals surface area contributed by atoms with Gasteiger partial charge in [0.1, 0.15) is 11.4 Å². The molecule has 4 rings (SSSR count). The number of nitrogens with zero attached hydrogens (tertiary/aromatic N) is 2. The number of amides is 1. The Kier molecular flexibility index (Phi) is 4.23. The molecule has 0 fully saturated rings. The lowest BCUT2D eigenvalue weighted by Crippen LogP contribution is -2.20. The topological polar surface area (TPSA) is 79.4 Å².